The number of halogens is 3. The molecule has 3 aromatic rings. The van der Waals surface area contributed by atoms with E-state index in [2.05, 4.69) is 9.72 Å². The van der Waals surface area contributed by atoms with E-state index in [-0.39, 0.29) is 24.9 Å². The Bertz CT molecular complexity index is 1100. The van der Waals surface area contributed by atoms with Gasteiger partial charge < -0.3 is 14.4 Å². The van der Waals surface area contributed by atoms with Crippen molar-refractivity contribution in [2.45, 2.75) is 25.9 Å². The summed E-state index contributed by atoms with van der Waals surface area (Å²) in [5, 5.41) is 0. The van der Waals surface area contributed by atoms with E-state index in [0.29, 0.717) is 23.2 Å². The molecule has 1 unspecified atom stereocenters. The van der Waals surface area contributed by atoms with Crippen LogP contribution in [0.15, 0.2) is 67.0 Å². The lowest BCUT2D eigenvalue weighted by molar-refractivity contribution is -0.274. The van der Waals surface area contributed by atoms with Crippen LogP contribution < -0.4 is 4.74 Å². The molecule has 0 bridgehead atoms. The van der Waals surface area contributed by atoms with E-state index in [1.807, 2.05) is 31.2 Å². The third kappa shape index (κ3) is 5.08. The second-order valence-corrected chi connectivity index (χ2v) is 7.58. The van der Waals surface area contributed by atoms with Crippen LogP contribution in [0, 0.1) is 6.92 Å². The molecule has 1 fully saturated rings. The quantitative estimate of drug-likeness (QED) is 0.555. The van der Waals surface area contributed by atoms with Crippen molar-refractivity contribution in [2.24, 2.45) is 0 Å². The number of rotatable bonds is 5. The maximum Gasteiger partial charge on any atom is 0.573 e. The first-order chi connectivity index (χ1) is 15.3. The standard InChI is InChI=1S/C24H21F3N2O3/c1-16-5-7-17(8-6-16)13-29-22(14-31-15-23(29)30)21-12-28-10-9-20(21)18-3-2-4-19(11-18)32-24(25,26)27/h2-12,22H,13-15H2,1H3. The molecule has 1 saturated heterocycles. The molecule has 2 aromatic carbocycles. The van der Waals surface area contributed by atoms with Gasteiger partial charge in [0.25, 0.3) is 0 Å². The van der Waals surface area contributed by atoms with Crippen molar-refractivity contribution in [3.8, 4) is 16.9 Å². The average molecular weight is 442 g/mol. The molecular weight excluding hydrogens is 421 g/mol. The molecule has 0 aliphatic carbocycles. The summed E-state index contributed by atoms with van der Waals surface area (Å²) in [6.07, 6.45) is -1.60. The second kappa shape index (κ2) is 9.00. The number of aromatic nitrogens is 1. The number of carbonyl (C=O) groups is 1. The van der Waals surface area contributed by atoms with Gasteiger partial charge in [0.1, 0.15) is 12.4 Å². The van der Waals surface area contributed by atoms with Crippen molar-refractivity contribution in [3.05, 3.63) is 83.7 Å². The minimum Gasteiger partial charge on any atom is -0.406 e. The first-order valence-corrected chi connectivity index (χ1v) is 10.0. The highest BCUT2D eigenvalue weighted by molar-refractivity contribution is 5.79. The van der Waals surface area contributed by atoms with Gasteiger partial charge in [-0.15, -0.1) is 13.2 Å². The van der Waals surface area contributed by atoms with E-state index >= 15 is 0 Å². The number of hydrogen-bond donors (Lipinski definition) is 0. The van der Waals surface area contributed by atoms with Crippen molar-refractivity contribution in [3.63, 3.8) is 0 Å². The van der Waals surface area contributed by atoms with Crippen molar-refractivity contribution in [2.75, 3.05) is 13.2 Å². The Morgan fingerprint density at radius 2 is 1.94 bits per heavy atom. The zero-order valence-electron chi connectivity index (χ0n) is 17.3. The molecule has 166 valence electrons. The van der Waals surface area contributed by atoms with E-state index in [9.17, 15) is 18.0 Å². The molecule has 2 heterocycles. The summed E-state index contributed by atoms with van der Waals surface area (Å²) in [6, 6.07) is 14.9. The number of ether oxygens (including phenoxy) is 2. The zero-order valence-corrected chi connectivity index (χ0v) is 17.3. The summed E-state index contributed by atoms with van der Waals surface area (Å²) in [5.41, 5.74) is 3.97. The molecule has 0 N–H and O–H groups in total. The highest BCUT2D eigenvalue weighted by atomic mass is 19.4. The van der Waals surface area contributed by atoms with Gasteiger partial charge in [-0.3, -0.25) is 9.78 Å². The summed E-state index contributed by atoms with van der Waals surface area (Å²) < 4.78 is 47.6. The van der Waals surface area contributed by atoms with Crippen LogP contribution in [0.4, 0.5) is 13.2 Å². The number of morpholine rings is 1. The van der Waals surface area contributed by atoms with Gasteiger partial charge in [-0.1, -0.05) is 42.0 Å². The molecule has 0 radical (unpaired) electrons. The fourth-order valence-electron chi connectivity index (χ4n) is 3.75. The van der Waals surface area contributed by atoms with E-state index in [4.69, 9.17) is 4.74 Å². The fourth-order valence-corrected chi connectivity index (χ4v) is 3.75. The van der Waals surface area contributed by atoms with Gasteiger partial charge in [-0.05, 0) is 41.8 Å². The van der Waals surface area contributed by atoms with E-state index in [1.165, 1.54) is 18.2 Å². The maximum atomic E-state index is 12.7. The SMILES string of the molecule is Cc1ccc(CN2C(=O)COCC2c2cnccc2-c2cccc(OC(F)(F)F)c2)cc1. The van der Waals surface area contributed by atoms with Crippen LogP contribution in [0.3, 0.4) is 0 Å². The number of hydrogen-bond acceptors (Lipinski definition) is 4. The monoisotopic (exact) mass is 442 g/mol. The molecule has 0 saturated carbocycles. The van der Waals surface area contributed by atoms with Crippen molar-refractivity contribution in [1.29, 1.82) is 0 Å². The predicted octanol–water partition coefficient (Wildman–Crippen LogP) is 5.06. The number of nitrogens with zero attached hydrogens (tertiary/aromatic N) is 2. The Morgan fingerprint density at radius 3 is 2.69 bits per heavy atom. The number of alkyl halides is 3. The Labute approximate surface area is 183 Å². The average Bonchev–Trinajstić information content (AvgIpc) is 2.76. The van der Waals surface area contributed by atoms with Gasteiger partial charge in [0.2, 0.25) is 5.91 Å². The normalized spacial score (nSPS) is 16.8. The summed E-state index contributed by atoms with van der Waals surface area (Å²) >= 11 is 0. The number of pyridine rings is 1. The molecule has 1 aliphatic rings. The molecule has 4 rings (SSSR count). The van der Waals surface area contributed by atoms with Crippen molar-refractivity contribution in [1.82, 2.24) is 9.88 Å². The molecule has 1 aliphatic heterocycles. The first kappa shape index (κ1) is 21.8. The minimum absolute atomic E-state index is 0.0210. The van der Waals surface area contributed by atoms with Gasteiger partial charge in [-0.25, -0.2) is 0 Å². The third-order valence-electron chi connectivity index (χ3n) is 5.26. The smallest absolute Gasteiger partial charge is 0.406 e. The highest BCUT2D eigenvalue weighted by Gasteiger charge is 2.33. The lowest BCUT2D eigenvalue weighted by Gasteiger charge is -2.36. The molecular formula is C24H21F3N2O3. The lowest BCUT2D eigenvalue weighted by atomic mass is 9.95. The first-order valence-electron chi connectivity index (χ1n) is 10.0. The van der Waals surface area contributed by atoms with Crippen molar-refractivity contribution >= 4 is 5.91 Å². The van der Waals surface area contributed by atoms with Gasteiger partial charge in [0, 0.05) is 24.5 Å². The van der Waals surface area contributed by atoms with Crippen LogP contribution in [0.2, 0.25) is 0 Å². The van der Waals surface area contributed by atoms with E-state index < -0.39 is 12.4 Å². The zero-order chi connectivity index (χ0) is 22.7. The fraction of sp³-hybridized carbons (Fsp3) is 0.250. The molecule has 1 atom stereocenters. The van der Waals surface area contributed by atoms with Crippen LogP contribution in [-0.2, 0) is 16.1 Å². The van der Waals surface area contributed by atoms with Crippen LogP contribution >= 0.6 is 0 Å². The summed E-state index contributed by atoms with van der Waals surface area (Å²) in [6.45, 7) is 2.62. The predicted molar refractivity (Wildman–Crippen MR) is 112 cm³/mol. The largest absolute Gasteiger partial charge is 0.573 e. The molecule has 32 heavy (non-hydrogen) atoms. The Balaban J connectivity index is 1.69. The van der Waals surface area contributed by atoms with Gasteiger partial charge in [-0.2, -0.15) is 0 Å². The Morgan fingerprint density at radius 1 is 1.16 bits per heavy atom. The van der Waals surface area contributed by atoms with Gasteiger partial charge in [0.15, 0.2) is 0 Å². The maximum absolute atomic E-state index is 12.7. The van der Waals surface area contributed by atoms with Crippen LogP contribution in [0.5, 0.6) is 5.75 Å². The molecule has 0 spiro atoms. The summed E-state index contributed by atoms with van der Waals surface area (Å²) in [7, 11) is 0. The van der Waals surface area contributed by atoms with Crippen LogP contribution in [-0.4, -0.2) is 35.4 Å². The number of benzene rings is 2. The lowest BCUT2D eigenvalue weighted by Crippen LogP contribution is -2.43. The number of aryl methyl sites for hydroxylation is 1. The van der Waals surface area contributed by atoms with Crippen LogP contribution in [0.1, 0.15) is 22.7 Å². The highest BCUT2D eigenvalue weighted by Crippen LogP contribution is 2.35. The third-order valence-corrected chi connectivity index (χ3v) is 5.26. The molecule has 1 aromatic heterocycles. The summed E-state index contributed by atoms with van der Waals surface area (Å²) in [4.78, 5) is 18.7. The molecule has 8 heteroatoms. The minimum atomic E-state index is -4.78. The second-order valence-electron chi connectivity index (χ2n) is 7.58. The Kier molecular flexibility index (Phi) is 6.14. The summed E-state index contributed by atoms with van der Waals surface area (Å²) in [5.74, 6) is -0.476. The number of amides is 1. The molecule has 5 nitrogen and oxygen atoms in total. The van der Waals surface area contributed by atoms with E-state index in [0.717, 1.165) is 11.1 Å². The van der Waals surface area contributed by atoms with Gasteiger partial charge >= 0.3 is 6.36 Å². The number of carbonyl (C=O) groups excluding carboxylic acids is 1. The molecule has 1 amide bonds. The van der Waals surface area contributed by atoms with Gasteiger partial charge in [0.05, 0.1) is 12.6 Å². The Hall–Kier alpha value is -3.39. The van der Waals surface area contributed by atoms with Crippen molar-refractivity contribution < 1.29 is 27.4 Å². The van der Waals surface area contributed by atoms with Crippen LogP contribution in [0.25, 0.3) is 11.1 Å². The van der Waals surface area contributed by atoms with E-state index in [1.54, 1.807) is 29.4 Å². The topological polar surface area (TPSA) is 51.7 Å².